The molecule has 3 nitrogen and oxygen atoms in total. The van der Waals surface area contributed by atoms with E-state index in [0.29, 0.717) is 19.3 Å². The number of carbonyl (C=O) groups is 2. The number of carboxylic acids is 1. The number of Topliss-reactive ketones (excluding diaryl/α,β-unsaturated/α-hetero) is 1. The Morgan fingerprint density at radius 2 is 2.27 bits per heavy atom. The molecule has 0 saturated heterocycles. The normalized spacial score (nSPS) is 31.9. The smallest absolute Gasteiger partial charge is 0.306 e. The zero-order valence-electron chi connectivity index (χ0n) is 6.54. The van der Waals surface area contributed by atoms with Gasteiger partial charge in [0.15, 0.2) is 0 Å². The Bertz CT molecular complexity index is 186. The summed E-state index contributed by atoms with van der Waals surface area (Å²) in [6.07, 6.45) is 1.49. The van der Waals surface area contributed by atoms with E-state index in [-0.39, 0.29) is 17.6 Å². The highest BCUT2D eigenvalue weighted by Crippen LogP contribution is 2.25. The molecule has 2 atom stereocenters. The van der Waals surface area contributed by atoms with Gasteiger partial charge >= 0.3 is 5.97 Å². The fourth-order valence-electron chi connectivity index (χ4n) is 1.46. The molecule has 1 saturated carbocycles. The Morgan fingerprint density at radius 1 is 1.64 bits per heavy atom. The summed E-state index contributed by atoms with van der Waals surface area (Å²) in [4.78, 5) is 21.5. The molecule has 1 fully saturated rings. The summed E-state index contributed by atoms with van der Waals surface area (Å²) in [5.41, 5.74) is 0. The second-order valence-corrected chi connectivity index (χ2v) is 3.18. The van der Waals surface area contributed by atoms with E-state index in [1.165, 1.54) is 0 Å². The van der Waals surface area contributed by atoms with Gasteiger partial charge in [-0.25, -0.2) is 0 Å². The molecular formula is C8H12O3. The van der Waals surface area contributed by atoms with E-state index in [2.05, 4.69) is 0 Å². The van der Waals surface area contributed by atoms with Crippen molar-refractivity contribution in [3.8, 4) is 0 Å². The van der Waals surface area contributed by atoms with Gasteiger partial charge in [-0.05, 0) is 12.8 Å². The molecule has 0 bridgehead atoms. The lowest BCUT2D eigenvalue weighted by Gasteiger charge is -2.21. The van der Waals surface area contributed by atoms with Gasteiger partial charge in [-0.2, -0.15) is 0 Å². The molecule has 0 aliphatic heterocycles. The molecule has 0 amide bonds. The number of aliphatic carboxylic acids is 1. The zero-order chi connectivity index (χ0) is 8.43. The second kappa shape index (κ2) is 3.03. The minimum absolute atomic E-state index is 0.0511. The first-order chi connectivity index (χ1) is 5.11. The third-order valence-corrected chi connectivity index (χ3v) is 2.28. The monoisotopic (exact) mass is 156 g/mol. The van der Waals surface area contributed by atoms with Crippen LogP contribution in [0.5, 0.6) is 0 Å². The number of hydrogen-bond donors (Lipinski definition) is 1. The van der Waals surface area contributed by atoms with Crippen LogP contribution in [-0.2, 0) is 9.59 Å². The topological polar surface area (TPSA) is 54.4 Å². The van der Waals surface area contributed by atoms with E-state index in [0.717, 1.165) is 0 Å². The molecule has 0 unspecified atom stereocenters. The summed E-state index contributed by atoms with van der Waals surface area (Å²) < 4.78 is 0. The van der Waals surface area contributed by atoms with Gasteiger partial charge < -0.3 is 5.11 Å². The van der Waals surface area contributed by atoms with E-state index >= 15 is 0 Å². The Morgan fingerprint density at radius 3 is 2.73 bits per heavy atom. The molecule has 62 valence electrons. The third-order valence-electron chi connectivity index (χ3n) is 2.28. The Hall–Kier alpha value is -0.860. The molecule has 11 heavy (non-hydrogen) atoms. The molecule has 1 aliphatic rings. The summed E-state index contributed by atoms with van der Waals surface area (Å²) in [5.74, 6) is -0.889. The maximum absolute atomic E-state index is 11.0. The zero-order valence-corrected chi connectivity index (χ0v) is 6.54. The minimum Gasteiger partial charge on any atom is -0.481 e. The van der Waals surface area contributed by atoms with Crippen molar-refractivity contribution >= 4 is 11.8 Å². The van der Waals surface area contributed by atoms with Crippen LogP contribution in [0.3, 0.4) is 0 Å². The van der Waals surface area contributed by atoms with Crippen LogP contribution in [0, 0.1) is 11.8 Å². The lowest BCUT2D eigenvalue weighted by Crippen LogP contribution is -2.27. The number of ketones is 1. The fourth-order valence-corrected chi connectivity index (χ4v) is 1.46. The van der Waals surface area contributed by atoms with Crippen LogP contribution in [0.25, 0.3) is 0 Å². The second-order valence-electron chi connectivity index (χ2n) is 3.18. The molecule has 0 aromatic carbocycles. The van der Waals surface area contributed by atoms with Gasteiger partial charge in [-0.1, -0.05) is 6.92 Å². The standard InChI is InChI=1S/C8H12O3/c1-5-4-6(8(10)11)2-3-7(5)9/h5-6H,2-4H2,1H3,(H,10,11)/t5-,6+/m1/s1. The summed E-state index contributed by atoms with van der Waals surface area (Å²) in [7, 11) is 0. The highest BCUT2D eigenvalue weighted by molar-refractivity contribution is 5.83. The van der Waals surface area contributed by atoms with Crippen LogP contribution in [0.1, 0.15) is 26.2 Å². The predicted molar refractivity (Wildman–Crippen MR) is 39.1 cm³/mol. The largest absolute Gasteiger partial charge is 0.481 e. The average Bonchev–Trinajstić information content (AvgIpc) is 1.94. The quantitative estimate of drug-likeness (QED) is 0.618. The van der Waals surface area contributed by atoms with E-state index in [4.69, 9.17) is 5.11 Å². The van der Waals surface area contributed by atoms with E-state index < -0.39 is 5.97 Å². The summed E-state index contributed by atoms with van der Waals surface area (Å²) >= 11 is 0. The van der Waals surface area contributed by atoms with Crippen molar-refractivity contribution in [1.29, 1.82) is 0 Å². The van der Waals surface area contributed by atoms with Crippen LogP contribution < -0.4 is 0 Å². The number of carboxylic acid groups (broad SMARTS) is 1. The van der Waals surface area contributed by atoms with Gasteiger partial charge in [-0.15, -0.1) is 0 Å². The first-order valence-corrected chi connectivity index (χ1v) is 3.86. The molecule has 0 aromatic heterocycles. The molecule has 0 aromatic rings. The van der Waals surface area contributed by atoms with Gasteiger partial charge in [0.25, 0.3) is 0 Å². The third kappa shape index (κ3) is 1.79. The van der Waals surface area contributed by atoms with Crippen molar-refractivity contribution in [3.63, 3.8) is 0 Å². The average molecular weight is 156 g/mol. The van der Waals surface area contributed by atoms with Crippen molar-refractivity contribution in [3.05, 3.63) is 0 Å². The van der Waals surface area contributed by atoms with E-state index in [9.17, 15) is 9.59 Å². The van der Waals surface area contributed by atoms with Crippen LogP contribution in [0.15, 0.2) is 0 Å². The van der Waals surface area contributed by atoms with Crippen molar-refractivity contribution in [1.82, 2.24) is 0 Å². The maximum Gasteiger partial charge on any atom is 0.306 e. The maximum atomic E-state index is 11.0. The SMILES string of the molecule is C[C@@H]1C[C@@H](C(=O)O)CCC1=O. The van der Waals surface area contributed by atoms with Gasteiger partial charge in [-0.3, -0.25) is 9.59 Å². The molecule has 0 radical (unpaired) electrons. The van der Waals surface area contributed by atoms with Crippen LogP contribution >= 0.6 is 0 Å². The lowest BCUT2D eigenvalue weighted by molar-refractivity contribution is -0.144. The van der Waals surface area contributed by atoms with Crippen LogP contribution in [-0.4, -0.2) is 16.9 Å². The Kier molecular flexibility index (Phi) is 2.27. The molecule has 0 spiro atoms. The van der Waals surface area contributed by atoms with Gasteiger partial charge in [0, 0.05) is 12.3 Å². The van der Waals surface area contributed by atoms with Crippen LogP contribution in [0.4, 0.5) is 0 Å². The summed E-state index contributed by atoms with van der Waals surface area (Å²) in [5, 5.41) is 8.63. The Balaban J connectivity index is 2.52. The molecule has 1 aliphatic carbocycles. The lowest BCUT2D eigenvalue weighted by atomic mass is 9.82. The Labute approximate surface area is 65.4 Å². The molecule has 0 heterocycles. The van der Waals surface area contributed by atoms with Crippen molar-refractivity contribution in [2.75, 3.05) is 0 Å². The van der Waals surface area contributed by atoms with Crippen molar-refractivity contribution in [2.45, 2.75) is 26.2 Å². The van der Waals surface area contributed by atoms with Crippen LogP contribution in [0.2, 0.25) is 0 Å². The minimum atomic E-state index is -0.760. The van der Waals surface area contributed by atoms with Gasteiger partial charge in [0.2, 0.25) is 0 Å². The van der Waals surface area contributed by atoms with Gasteiger partial charge in [0.05, 0.1) is 5.92 Å². The molecule has 1 N–H and O–H groups in total. The highest BCUT2D eigenvalue weighted by atomic mass is 16.4. The highest BCUT2D eigenvalue weighted by Gasteiger charge is 2.29. The summed E-state index contributed by atoms with van der Waals surface area (Å²) in [6, 6.07) is 0. The fraction of sp³-hybridized carbons (Fsp3) is 0.750. The molecule has 1 rings (SSSR count). The number of rotatable bonds is 1. The molecular weight excluding hydrogens is 144 g/mol. The van der Waals surface area contributed by atoms with E-state index in [1.807, 2.05) is 0 Å². The summed E-state index contributed by atoms with van der Waals surface area (Å²) in [6.45, 7) is 1.80. The predicted octanol–water partition coefficient (Wildman–Crippen LogP) is 1.08. The first kappa shape index (κ1) is 8.24. The van der Waals surface area contributed by atoms with Gasteiger partial charge in [0.1, 0.15) is 5.78 Å². The molecule has 3 heteroatoms. The van der Waals surface area contributed by atoms with Crippen molar-refractivity contribution < 1.29 is 14.7 Å². The number of carbonyl (C=O) groups excluding carboxylic acids is 1. The first-order valence-electron chi connectivity index (χ1n) is 3.86. The number of hydrogen-bond acceptors (Lipinski definition) is 2. The van der Waals surface area contributed by atoms with Crippen molar-refractivity contribution in [2.24, 2.45) is 11.8 Å². The van der Waals surface area contributed by atoms with E-state index in [1.54, 1.807) is 6.92 Å².